The number of H-pyrrole nitrogens is 1. The van der Waals surface area contributed by atoms with Crippen LogP contribution in [-0.4, -0.2) is 19.5 Å². The first kappa shape index (κ1) is 19.4. The summed E-state index contributed by atoms with van der Waals surface area (Å²) >= 11 is 0. The molecule has 7 nitrogen and oxygen atoms in total. The molecule has 0 unspecified atom stereocenters. The molecule has 1 fully saturated rings. The first-order valence-electron chi connectivity index (χ1n) is 10.6. The average Bonchev–Trinajstić information content (AvgIpc) is 3.54. The van der Waals surface area contributed by atoms with Gasteiger partial charge in [0.1, 0.15) is 22.8 Å². The standard InChI is InChI=1S/C24H25N5O2/c1-15-26-22(25)21-23(27-15)29(24(30)28-21)14-18-8-12-20(13-9-18)31-19-10-6-17(7-11-19)5-4-16-2-3-16/h6-13,16H,2-5,14H2,1H3,(H,28,30)(H2,25,26,27). The maximum Gasteiger partial charge on any atom is 0.328 e. The number of hydrogen-bond acceptors (Lipinski definition) is 5. The van der Waals surface area contributed by atoms with Gasteiger partial charge in [-0.05, 0) is 61.1 Å². The molecule has 1 saturated carbocycles. The smallest absolute Gasteiger partial charge is 0.328 e. The van der Waals surface area contributed by atoms with Crippen LogP contribution in [0.5, 0.6) is 11.5 Å². The topological polar surface area (TPSA) is 98.8 Å². The van der Waals surface area contributed by atoms with E-state index >= 15 is 0 Å². The van der Waals surface area contributed by atoms with Crippen LogP contribution in [0, 0.1) is 12.8 Å². The van der Waals surface area contributed by atoms with Crippen LogP contribution in [0.2, 0.25) is 0 Å². The zero-order valence-electron chi connectivity index (χ0n) is 17.5. The van der Waals surface area contributed by atoms with Gasteiger partial charge >= 0.3 is 5.69 Å². The number of ether oxygens (including phenoxy) is 1. The average molecular weight is 415 g/mol. The summed E-state index contributed by atoms with van der Waals surface area (Å²) in [6.45, 7) is 2.13. The third-order valence-electron chi connectivity index (χ3n) is 5.72. The predicted molar refractivity (Wildman–Crippen MR) is 120 cm³/mol. The fraction of sp³-hybridized carbons (Fsp3) is 0.292. The molecule has 2 aromatic heterocycles. The van der Waals surface area contributed by atoms with Crippen molar-refractivity contribution in [3.63, 3.8) is 0 Å². The SMILES string of the molecule is Cc1nc(N)c2[nH]c(=O)n(Cc3ccc(Oc4ccc(CCC5CC5)cc4)cc3)c2n1. The van der Waals surface area contributed by atoms with Gasteiger partial charge in [0.25, 0.3) is 0 Å². The highest BCUT2D eigenvalue weighted by Crippen LogP contribution is 2.33. The Morgan fingerprint density at radius 1 is 1.03 bits per heavy atom. The fourth-order valence-corrected chi connectivity index (χ4v) is 3.79. The van der Waals surface area contributed by atoms with E-state index < -0.39 is 0 Å². The molecule has 0 saturated heterocycles. The number of aromatic amines is 1. The minimum Gasteiger partial charge on any atom is -0.457 e. The van der Waals surface area contributed by atoms with Crippen LogP contribution < -0.4 is 16.2 Å². The molecule has 3 N–H and O–H groups in total. The second-order valence-electron chi connectivity index (χ2n) is 8.24. The normalized spacial score (nSPS) is 13.6. The Bertz CT molecular complexity index is 1270. The Hall–Kier alpha value is -3.61. The number of nitrogens with two attached hydrogens (primary N) is 1. The highest BCUT2D eigenvalue weighted by atomic mass is 16.5. The van der Waals surface area contributed by atoms with Crippen LogP contribution in [-0.2, 0) is 13.0 Å². The van der Waals surface area contributed by atoms with Crippen LogP contribution in [0.1, 0.15) is 36.2 Å². The van der Waals surface area contributed by atoms with Gasteiger partial charge in [0, 0.05) is 0 Å². The number of nitrogens with zero attached hydrogens (tertiary/aromatic N) is 3. The van der Waals surface area contributed by atoms with Crippen LogP contribution in [0.4, 0.5) is 5.82 Å². The first-order chi connectivity index (χ1) is 15.0. The Morgan fingerprint density at radius 3 is 2.32 bits per heavy atom. The second kappa shape index (κ2) is 7.91. The molecule has 0 bridgehead atoms. The largest absolute Gasteiger partial charge is 0.457 e. The molecule has 0 amide bonds. The third kappa shape index (κ3) is 4.30. The van der Waals surface area contributed by atoms with Gasteiger partial charge in [0.05, 0.1) is 6.54 Å². The van der Waals surface area contributed by atoms with Crippen molar-refractivity contribution in [1.82, 2.24) is 19.5 Å². The van der Waals surface area contributed by atoms with Gasteiger partial charge in [0.15, 0.2) is 11.5 Å². The Balaban J connectivity index is 1.28. The van der Waals surface area contributed by atoms with Crippen molar-refractivity contribution in [1.29, 1.82) is 0 Å². The van der Waals surface area contributed by atoms with Gasteiger partial charge < -0.3 is 15.5 Å². The summed E-state index contributed by atoms with van der Waals surface area (Å²) in [5.41, 5.74) is 8.95. The van der Waals surface area contributed by atoms with Crippen molar-refractivity contribution in [2.75, 3.05) is 5.73 Å². The summed E-state index contributed by atoms with van der Waals surface area (Å²) in [4.78, 5) is 23.6. The van der Waals surface area contributed by atoms with E-state index in [4.69, 9.17) is 10.5 Å². The molecule has 1 aliphatic rings. The Labute approximate surface area is 179 Å². The Kier molecular flexibility index (Phi) is 4.94. The lowest BCUT2D eigenvalue weighted by molar-refractivity contribution is 0.482. The molecule has 5 rings (SSSR count). The van der Waals surface area contributed by atoms with Gasteiger partial charge in [-0.3, -0.25) is 4.57 Å². The van der Waals surface area contributed by atoms with Crippen molar-refractivity contribution < 1.29 is 4.74 Å². The number of imidazole rings is 1. The van der Waals surface area contributed by atoms with Gasteiger partial charge in [-0.25, -0.2) is 14.8 Å². The van der Waals surface area contributed by atoms with E-state index in [1.165, 1.54) is 24.8 Å². The highest BCUT2D eigenvalue weighted by Gasteiger charge is 2.20. The van der Waals surface area contributed by atoms with Gasteiger partial charge in [0.2, 0.25) is 0 Å². The number of fused-ring (bicyclic) bond motifs is 1. The zero-order chi connectivity index (χ0) is 21.4. The molecule has 158 valence electrons. The van der Waals surface area contributed by atoms with E-state index in [-0.39, 0.29) is 11.5 Å². The van der Waals surface area contributed by atoms with Crippen molar-refractivity contribution in [2.24, 2.45) is 5.92 Å². The van der Waals surface area contributed by atoms with Gasteiger partial charge in [-0.15, -0.1) is 0 Å². The molecule has 0 spiro atoms. The zero-order valence-corrected chi connectivity index (χ0v) is 17.5. The van der Waals surface area contributed by atoms with Crippen molar-refractivity contribution >= 4 is 17.0 Å². The Morgan fingerprint density at radius 2 is 1.68 bits per heavy atom. The van der Waals surface area contributed by atoms with Crippen molar-refractivity contribution in [3.8, 4) is 11.5 Å². The van der Waals surface area contributed by atoms with Gasteiger partial charge in [-0.2, -0.15) is 0 Å². The molecular weight excluding hydrogens is 390 g/mol. The summed E-state index contributed by atoms with van der Waals surface area (Å²) in [5, 5.41) is 0. The molecule has 4 aromatic rings. The number of anilines is 1. The van der Waals surface area contributed by atoms with E-state index in [1.807, 2.05) is 36.4 Å². The number of aryl methyl sites for hydroxylation is 2. The van der Waals surface area contributed by atoms with Crippen molar-refractivity contribution in [2.45, 2.75) is 39.2 Å². The summed E-state index contributed by atoms with van der Waals surface area (Å²) < 4.78 is 7.54. The second-order valence-corrected chi connectivity index (χ2v) is 8.24. The van der Waals surface area contributed by atoms with E-state index in [1.54, 1.807) is 11.5 Å². The molecule has 2 heterocycles. The molecule has 1 aliphatic carbocycles. The van der Waals surface area contributed by atoms with Crippen LogP contribution in [0.3, 0.4) is 0 Å². The molecule has 0 aliphatic heterocycles. The summed E-state index contributed by atoms with van der Waals surface area (Å²) in [7, 11) is 0. The highest BCUT2D eigenvalue weighted by molar-refractivity contribution is 5.81. The lowest BCUT2D eigenvalue weighted by Gasteiger charge is -2.09. The van der Waals surface area contributed by atoms with Gasteiger partial charge in [-0.1, -0.05) is 37.1 Å². The monoisotopic (exact) mass is 415 g/mol. The number of rotatable bonds is 7. The quantitative estimate of drug-likeness (QED) is 0.471. The number of hydrogen-bond donors (Lipinski definition) is 2. The summed E-state index contributed by atoms with van der Waals surface area (Å²) in [5.74, 6) is 3.32. The lowest BCUT2D eigenvalue weighted by Crippen LogP contribution is -2.17. The predicted octanol–water partition coefficient (Wildman–Crippen LogP) is 4.19. The maximum absolute atomic E-state index is 12.4. The fourth-order valence-electron chi connectivity index (χ4n) is 3.79. The van der Waals surface area contributed by atoms with Crippen LogP contribution >= 0.6 is 0 Å². The number of benzene rings is 2. The number of nitrogen functional groups attached to an aromatic ring is 1. The van der Waals surface area contributed by atoms with E-state index in [2.05, 4.69) is 27.1 Å². The van der Waals surface area contributed by atoms with E-state index in [0.29, 0.717) is 23.5 Å². The summed E-state index contributed by atoms with van der Waals surface area (Å²) in [6.07, 6.45) is 5.23. The maximum atomic E-state index is 12.4. The molecule has 2 aromatic carbocycles. The van der Waals surface area contributed by atoms with E-state index in [0.717, 1.165) is 29.4 Å². The molecule has 0 radical (unpaired) electrons. The minimum absolute atomic E-state index is 0.260. The minimum atomic E-state index is -0.260. The van der Waals surface area contributed by atoms with Crippen LogP contribution in [0.15, 0.2) is 53.3 Å². The third-order valence-corrected chi connectivity index (χ3v) is 5.72. The summed E-state index contributed by atoms with van der Waals surface area (Å²) in [6, 6.07) is 16.0. The molecule has 31 heavy (non-hydrogen) atoms. The molecule has 0 atom stereocenters. The first-order valence-corrected chi connectivity index (χ1v) is 10.6. The van der Waals surface area contributed by atoms with E-state index in [9.17, 15) is 4.79 Å². The lowest BCUT2D eigenvalue weighted by atomic mass is 10.1. The molecule has 7 heteroatoms. The van der Waals surface area contributed by atoms with Crippen molar-refractivity contribution in [3.05, 3.63) is 76.0 Å². The molecular formula is C24H25N5O2. The number of nitrogens with one attached hydrogen (secondary N) is 1. The number of aromatic nitrogens is 4. The van der Waals surface area contributed by atoms with Crippen LogP contribution in [0.25, 0.3) is 11.2 Å².